The van der Waals surface area contributed by atoms with Crippen molar-refractivity contribution >= 4 is 9.84 Å². The summed E-state index contributed by atoms with van der Waals surface area (Å²) in [6, 6.07) is 12.7. The molecule has 1 heterocycles. The Balaban J connectivity index is 2.21. The molecular formula is C19H25NO3S. The van der Waals surface area contributed by atoms with Gasteiger partial charge in [-0.2, -0.15) is 0 Å². The van der Waals surface area contributed by atoms with Gasteiger partial charge < -0.3 is 4.74 Å². The lowest BCUT2D eigenvalue weighted by molar-refractivity contribution is 0.414. The van der Waals surface area contributed by atoms with Crippen molar-refractivity contribution in [2.24, 2.45) is 0 Å². The Morgan fingerprint density at radius 1 is 1.08 bits per heavy atom. The van der Waals surface area contributed by atoms with Crippen LogP contribution in [0.4, 0.5) is 0 Å². The largest absolute Gasteiger partial charge is 0.497 e. The molecule has 130 valence electrons. The first kappa shape index (κ1) is 18.5. The number of methoxy groups -OCH3 is 1. The van der Waals surface area contributed by atoms with E-state index in [2.05, 4.69) is 11.9 Å². The predicted octanol–water partition coefficient (Wildman–Crippen LogP) is 4.23. The average molecular weight is 347 g/mol. The number of benzene rings is 1. The summed E-state index contributed by atoms with van der Waals surface area (Å²) < 4.78 is 30.6. The first-order valence-electron chi connectivity index (χ1n) is 8.34. The van der Waals surface area contributed by atoms with Crippen LogP contribution in [0.2, 0.25) is 0 Å². The van der Waals surface area contributed by atoms with E-state index in [4.69, 9.17) is 4.74 Å². The minimum absolute atomic E-state index is 0.0329. The highest BCUT2D eigenvalue weighted by Crippen LogP contribution is 2.28. The van der Waals surface area contributed by atoms with Crippen LogP contribution in [-0.4, -0.2) is 26.3 Å². The fourth-order valence-corrected chi connectivity index (χ4v) is 4.31. The molecule has 24 heavy (non-hydrogen) atoms. The number of ether oxygens (including phenoxy) is 1. The van der Waals surface area contributed by atoms with Gasteiger partial charge in [-0.1, -0.05) is 44.4 Å². The van der Waals surface area contributed by atoms with E-state index in [-0.39, 0.29) is 16.7 Å². The molecule has 0 bridgehead atoms. The topological polar surface area (TPSA) is 56.3 Å². The highest BCUT2D eigenvalue weighted by Gasteiger charge is 2.23. The number of pyridine rings is 1. The zero-order valence-corrected chi connectivity index (χ0v) is 15.1. The molecule has 0 saturated heterocycles. The van der Waals surface area contributed by atoms with Crippen LogP contribution in [0.3, 0.4) is 0 Å². The summed E-state index contributed by atoms with van der Waals surface area (Å²) in [4.78, 5) is 4.01. The summed E-state index contributed by atoms with van der Waals surface area (Å²) >= 11 is 0. The van der Waals surface area contributed by atoms with Gasteiger partial charge in [0.1, 0.15) is 5.75 Å². The highest BCUT2D eigenvalue weighted by atomic mass is 32.2. The second kappa shape index (κ2) is 8.83. The number of hydrogen-bond acceptors (Lipinski definition) is 4. The zero-order valence-electron chi connectivity index (χ0n) is 14.3. The molecule has 0 unspecified atom stereocenters. The molecule has 0 spiro atoms. The van der Waals surface area contributed by atoms with Gasteiger partial charge in [0.05, 0.1) is 12.9 Å². The molecule has 0 amide bonds. The fraction of sp³-hybridized carbons (Fsp3) is 0.421. The first-order valence-corrected chi connectivity index (χ1v) is 9.99. The Morgan fingerprint density at radius 3 is 2.42 bits per heavy atom. The van der Waals surface area contributed by atoms with E-state index >= 15 is 0 Å². The van der Waals surface area contributed by atoms with E-state index in [1.54, 1.807) is 25.3 Å². The van der Waals surface area contributed by atoms with Crippen molar-refractivity contribution in [3.8, 4) is 5.75 Å². The molecule has 0 saturated carbocycles. The number of sulfone groups is 1. The minimum Gasteiger partial charge on any atom is -0.497 e. The molecule has 0 aliphatic rings. The van der Waals surface area contributed by atoms with Crippen LogP contribution < -0.4 is 4.74 Å². The summed E-state index contributed by atoms with van der Waals surface area (Å²) in [6.45, 7) is 2.15. The summed E-state index contributed by atoms with van der Waals surface area (Å²) in [5.41, 5.74) is 1.03. The van der Waals surface area contributed by atoms with Crippen molar-refractivity contribution in [3.05, 3.63) is 54.2 Å². The summed E-state index contributed by atoms with van der Waals surface area (Å²) in [5, 5.41) is 0.152. The van der Waals surface area contributed by atoms with Gasteiger partial charge >= 0.3 is 0 Å². The maximum Gasteiger partial charge on any atom is 0.196 e. The van der Waals surface area contributed by atoms with Gasteiger partial charge in [0.2, 0.25) is 0 Å². The second-order valence-electron chi connectivity index (χ2n) is 5.92. The van der Waals surface area contributed by atoms with Crippen molar-refractivity contribution in [2.75, 3.05) is 12.9 Å². The van der Waals surface area contributed by atoms with E-state index in [1.807, 2.05) is 24.3 Å². The minimum atomic E-state index is -3.40. The maximum absolute atomic E-state index is 12.7. The summed E-state index contributed by atoms with van der Waals surface area (Å²) in [5.74, 6) is 0.827. The highest BCUT2D eigenvalue weighted by molar-refractivity contribution is 7.91. The number of unbranched alkanes of at least 4 members (excludes halogenated alkanes) is 2. The maximum atomic E-state index is 12.7. The van der Waals surface area contributed by atoms with Crippen LogP contribution in [-0.2, 0) is 9.84 Å². The molecular weight excluding hydrogens is 322 g/mol. The van der Waals surface area contributed by atoms with Crippen molar-refractivity contribution < 1.29 is 13.2 Å². The lowest BCUT2D eigenvalue weighted by Crippen LogP contribution is -2.16. The van der Waals surface area contributed by atoms with E-state index in [9.17, 15) is 8.42 Å². The third kappa shape index (κ3) is 5.06. The normalized spacial score (nSPS) is 12.8. The molecule has 0 aliphatic heterocycles. The number of hydrogen-bond donors (Lipinski definition) is 0. The average Bonchev–Trinajstić information content (AvgIpc) is 2.62. The number of rotatable bonds is 9. The molecule has 0 aliphatic carbocycles. The van der Waals surface area contributed by atoms with Gasteiger partial charge in [-0.25, -0.2) is 13.4 Å². The van der Waals surface area contributed by atoms with Gasteiger partial charge in [-0.05, 0) is 42.2 Å². The molecule has 2 rings (SSSR count). The lowest BCUT2D eigenvalue weighted by atomic mass is 9.95. The van der Waals surface area contributed by atoms with Crippen LogP contribution in [0, 0.1) is 0 Å². The molecule has 2 aromatic rings. The van der Waals surface area contributed by atoms with Crippen molar-refractivity contribution in [1.82, 2.24) is 4.98 Å². The third-order valence-corrected chi connectivity index (χ3v) is 5.84. The van der Waals surface area contributed by atoms with Crippen molar-refractivity contribution in [3.63, 3.8) is 0 Å². The molecule has 0 fully saturated rings. The van der Waals surface area contributed by atoms with Crippen molar-refractivity contribution in [2.45, 2.75) is 43.6 Å². The Labute approximate surface area is 144 Å². The van der Waals surface area contributed by atoms with Crippen LogP contribution in [0.25, 0.3) is 0 Å². The lowest BCUT2D eigenvalue weighted by Gasteiger charge is -2.18. The van der Waals surface area contributed by atoms with Crippen LogP contribution >= 0.6 is 0 Å². The Kier molecular flexibility index (Phi) is 6.79. The molecule has 1 aromatic heterocycles. The SMILES string of the molecule is CCCCC[C@H](CS(=O)(=O)c1ccccn1)c1ccc(OC)cc1. The standard InChI is InChI=1S/C19H25NO3S/c1-3-4-5-8-17(16-10-12-18(23-2)13-11-16)15-24(21,22)19-9-6-7-14-20-19/h6-7,9-14,17H,3-5,8,15H2,1-2H3/t17-/m1/s1. The molecule has 4 nitrogen and oxygen atoms in total. The van der Waals surface area contributed by atoms with Crippen LogP contribution in [0.5, 0.6) is 5.75 Å². The predicted molar refractivity (Wildman–Crippen MR) is 96.2 cm³/mol. The Bertz CT molecular complexity index is 712. The van der Waals surface area contributed by atoms with Gasteiger partial charge in [0.15, 0.2) is 14.9 Å². The van der Waals surface area contributed by atoms with E-state index in [1.165, 1.54) is 6.20 Å². The molecule has 0 radical (unpaired) electrons. The Hall–Kier alpha value is -1.88. The Morgan fingerprint density at radius 2 is 1.83 bits per heavy atom. The molecule has 5 heteroatoms. The molecule has 1 atom stereocenters. The summed E-state index contributed by atoms with van der Waals surface area (Å²) in [7, 11) is -1.78. The summed E-state index contributed by atoms with van der Waals surface area (Å²) in [6.07, 6.45) is 5.61. The third-order valence-electron chi connectivity index (χ3n) is 4.12. The smallest absolute Gasteiger partial charge is 0.196 e. The van der Waals surface area contributed by atoms with Gasteiger partial charge in [0, 0.05) is 6.20 Å². The van der Waals surface area contributed by atoms with E-state index in [0.29, 0.717) is 0 Å². The van der Waals surface area contributed by atoms with Crippen LogP contribution in [0.15, 0.2) is 53.7 Å². The van der Waals surface area contributed by atoms with Crippen molar-refractivity contribution in [1.29, 1.82) is 0 Å². The quantitative estimate of drug-likeness (QED) is 0.637. The number of nitrogens with zero attached hydrogens (tertiary/aromatic N) is 1. The fourth-order valence-electron chi connectivity index (χ4n) is 2.74. The van der Waals surface area contributed by atoms with E-state index < -0.39 is 9.84 Å². The molecule has 1 aromatic carbocycles. The number of aromatic nitrogens is 1. The van der Waals surface area contributed by atoms with Crippen LogP contribution in [0.1, 0.15) is 44.1 Å². The second-order valence-corrected chi connectivity index (χ2v) is 7.90. The van der Waals surface area contributed by atoms with E-state index in [0.717, 1.165) is 37.0 Å². The van der Waals surface area contributed by atoms with Gasteiger partial charge in [-0.15, -0.1) is 0 Å². The van der Waals surface area contributed by atoms with Gasteiger partial charge in [0.25, 0.3) is 0 Å². The first-order chi connectivity index (χ1) is 11.6. The zero-order chi connectivity index (χ0) is 17.4. The van der Waals surface area contributed by atoms with Gasteiger partial charge in [-0.3, -0.25) is 0 Å². The monoisotopic (exact) mass is 347 g/mol. The molecule has 0 N–H and O–H groups in total.